The third-order valence-electron chi connectivity index (χ3n) is 3.89. The van der Waals surface area contributed by atoms with Gasteiger partial charge in [-0.1, -0.05) is 0 Å². The van der Waals surface area contributed by atoms with Crippen molar-refractivity contribution in [2.45, 2.75) is 12.0 Å². The van der Waals surface area contributed by atoms with E-state index in [4.69, 9.17) is 4.42 Å². The molecule has 2 aliphatic heterocycles. The molecule has 1 aromatic carbocycles. The van der Waals surface area contributed by atoms with E-state index in [9.17, 15) is 14.0 Å². The number of oxazole rings is 1. The summed E-state index contributed by atoms with van der Waals surface area (Å²) in [4.78, 5) is 29.2. The number of imide groups is 1. The van der Waals surface area contributed by atoms with Crippen molar-refractivity contribution < 1.29 is 18.4 Å². The highest BCUT2D eigenvalue weighted by Crippen LogP contribution is 2.30. The van der Waals surface area contributed by atoms with Gasteiger partial charge in [-0.3, -0.25) is 10.1 Å². The molecule has 2 saturated heterocycles. The maximum Gasteiger partial charge on any atom is 0.322 e. The third-order valence-corrected chi connectivity index (χ3v) is 3.89. The predicted octanol–water partition coefficient (Wildman–Crippen LogP) is 0.755. The number of amides is 3. The van der Waals surface area contributed by atoms with Crippen molar-refractivity contribution in [3.05, 3.63) is 24.0 Å². The molecule has 21 heavy (non-hydrogen) atoms. The molecule has 8 heteroatoms. The fourth-order valence-corrected chi connectivity index (χ4v) is 2.81. The topological polar surface area (TPSA) is 87.5 Å². The fourth-order valence-electron chi connectivity index (χ4n) is 2.81. The first-order valence-corrected chi connectivity index (χ1v) is 6.50. The van der Waals surface area contributed by atoms with Crippen LogP contribution in [0.3, 0.4) is 0 Å². The van der Waals surface area contributed by atoms with E-state index in [0.717, 1.165) is 0 Å². The van der Waals surface area contributed by atoms with Crippen LogP contribution in [0.15, 0.2) is 22.6 Å². The summed E-state index contributed by atoms with van der Waals surface area (Å²) in [6.45, 7) is 0.795. The Bertz CT molecular complexity index is 774. The minimum Gasteiger partial charge on any atom is -0.423 e. The highest BCUT2D eigenvalue weighted by Gasteiger charge is 2.51. The molecule has 0 saturated carbocycles. The minimum absolute atomic E-state index is 0.278. The molecule has 108 valence electrons. The molecule has 0 radical (unpaired) electrons. The van der Waals surface area contributed by atoms with Crippen LogP contribution in [0.25, 0.3) is 11.1 Å². The van der Waals surface area contributed by atoms with Crippen LogP contribution < -0.4 is 15.5 Å². The van der Waals surface area contributed by atoms with Crippen molar-refractivity contribution in [1.29, 1.82) is 0 Å². The smallest absolute Gasteiger partial charge is 0.322 e. The van der Waals surface area contributed by atoms with Gasteiger partial charge in [0.25, 0.3) is 11.9 Å². The number of fused-ring (bicyclic) bond motifs is 1. The zero-order valence-electron chi connectivity index (χ0n) is 10.9. The molecule has 4 rings (SSSR count). The number of carbonyl (C=O) groups excluding carboxylic acids is 2. The van der Waals surface area contributed by atoms with Crippen molar-refractivity contribution in [2.24, 2.45) is 0 Å². The molecule has 1 atom stereocenters. The average molecular weight is 290 g/mol. The van der Waals surface area contributed by atoms with Crippen LogP contribution in [-0.2, 0) is 4.79 Å². The van der Waals surface area contributed by atoms with E-state index in [2.05, 4.69) is 15.6 Å². The average Bonchev–Trinajstić information content (AvgIpc) is 3.08. The molecule has 3 amide bonds. The quantitative estimate of drug-likeness (QED) is 0.757. The summed E-state index contributed by atoms with van der Waals surface area (Å²) in [6, 6.07) is 3.95. The van der Waals surface area contributed by atoms with Gasteiger partial charge in [0, 0.05) is 12.6 Å². The molecule has 0 aliphatic carbocycles. The Morgan fingerprint density at radius 2 is 2.24 bits per heavy atom. The van der Waals surface area contributed by atoms with E-state index >= 15 is 0 Å². The van der Waals surface area contributed by atoms with Crippen LogP contribution in [0, 0.1) is 5.82 Å². The molecule has 2 aliphatic rings. The standard InChI is InChI=1S/C13H11FN4O3/c14-7-1-2-8-9(5-7)21-12(15-8)18-4-3-13(6-18)10(19)16-11(20)17-13/h1-2,5H,3-4,6H2,(H2,16,17,19,20). The van der Waals surface area contributed by atoms with Gasteiger partial charge >= 0.3 is 6.03 Å². The second-order valence-electron chi connectivity index (χ2n) is 5.27. The SMILES string of the molecule is O=C1NC(=O)C2(CCN(c3nc4ccc(F)cc4o3)C2)N1. The van der Waals surface area contributed by atoms with Gasteiger partial charge < -0.3 is 14.6 Å². The van der Waals surface area contributed by atoms with Crippen LogP contribution in [0.4, 0.5) is 15.2 Å². The predicted molar refractivity (Wildman–Crippen MR) is 70.2 cm³/mol. The molecule has 1 spiro atoms. The van der Waals surface area contributed by atoms with Gasteiger partial charge in [0.1, 0.15) is 16.9 Å². The van der Waals surface area contributed by atoms with Crippen molar-refractivity contribution in [3.63, 3.8) is 0 Å². The number of anilines is 1. The van der Waals surface area contributed by atoms with Crippen LogP contribution in [0.5, 0.6) is 0 Å². The van der Waals surface area contributed by atoms with E-state index in [1.54, 1.807) is 4.90 Å². The van der Waals surface area contributed by atoms with E-state index in [1.165, 1.54) is 18.2 Å². The zero-order chi connectivity index (χ0) is 14.6. The summed E-state index contributed by atoms with van der Waals surface area (Å²) in [6.07, 6.45) is 0.470. The zero-order valence-corrected chi connectivity index (χ0v) is 10.9. The number of hydrogen-bond acceptors (Lipinski definition) is 5. The van der Waals surface area contributed by atoms with Gasteiger partial charge in [0.2, 0.25) is 0 Å². The summed E-state index contributed by atoms with van der Waals surface area (Å²) < 4.78 is 18.7. The maximum absolute atomic E-state index is 13.2. The van der Waals surface area contributed by atoms with Gasteiger partial charge in [-0.25, -0.2) is 9.18 Å². The number of urea groups is 1. The fraction of sp³-hybridized carbons (Fsp3) is 0.308. The Balaban J connectivity index is 1.65. The first-order chi connectivity index (χ1) is 10.1. The number of benzene rings is 1. The van der Waals surface area contributed by atoms with E-state index < -0.39 is 17.4 Å². The summed E-state index contributed by atoms with van der Waals surface area (Å²) in [5.74, 6) is -0.734. The highest BCUT2D eigenvalue weighted by molar-refractivity contribution is 6.07. The Hall–Kier alpha value is -2.64. The number of hydrogen-bond donors (Lipinski definition) is 2. The minimum atomic E-state index is -0.928. The normalized spacial score (nSPS) is 24.9. The number of nitrogens with one attached hydrogen (secondary N) is 2. The van der Waals surface area contributed by atoms with Gasteiger partial charge in [0.05, 0.1) is 6.54 Å². The van der Waals surface area contributed by atoms with Gasteiger partial charge in [-0.05, 0) is 18.6 Å². The molecule has 2 aromatic rings. The van der Waals surface area contributed by atoms with Crippen LogP contribution in [-0.4, -0.2) is 35.6 Å². The number of aromatic nitrogens is 1. The number of rotatable bonds is 1. The summed E-state index contributed by atoms with van der Waals surface area (Å²) in [5, 5.41) is 4.89. The molecule has 1 aromatic heterocycles. The van der Waals surface area contributed by atoms with Crippen LogP contribution in [0.1, 0.15) is 6.42 Å². The van der Waals surface area contributed by atoms with Gasteiger partial charge in [0.15, 0.2) is 5.58 Å². The lowest BCUT2D eigenvalue weighted by atomic mass is 10.00. The van der Waals surface area contributed by atoms with Crippen molar-refractivity contribution >= 4 is 29.1 Å². The third kappa shape index (κ3) is 1.75. The molecule has 0 bridgehead atoms. The Labute approximate surface area is 118 Å². The number of carbonyl (C=O) groups is 2. The van der Waals surface area contributed by atoms with E-state index in [-0.39, 0.29) is 12.5 Å². The largest absolute Gasteiger partial charge is 0.423 e. The molecule has 2 fully saturated rings. The highest BCUT2D eigenvalue weighted by atomic mass is 19.1. The first-order valence-electron chi connectivity index (χ1n) is 6.50. The molecule has 7 nitrogen and oxygen atoms in total. The van der Waals surface area contributed by atoms with Crippen molar-refractivity contribution in [1.82, 2.24) is 15.6 Å². The molecular weight excluding hydrogens is 279 g/mol. The van der Waals surface area contributed by atoms with Gasteiger partial charge in [-0.15, -0.1) is 0 Å². The van der Waals surface area contributed by atoms with E-state index in [1.807, 2.05) is 0 Å². The molecule has 3 heterocycles. The van der Waals surface area contributed by atoms with Crippen LogP contribution in [0.2, 0.25) is 0 Å². The molecule has 1 unspecified atom stereocenters. The lowest BCUT2D eigenvalue weighted by molar-refractivity contribution is -0.123. The summed E-state index contributed by atoms with van der Waals surface area (Å²) >= 11 is 0. The second kappa shape index (κ2) is 3.94. The first kappa shape index (κ1) is 12.1. The Kier molecular flexibility index (Phi) is 2.27. The van der Waals surface area contributed by atoms with Crippen LogP contribution >= 0.6 is 0 Å². The lowest BCUT2D eigenvalue weighted by Crippen LogP contribution is -2.49. The lowest BCUT2D eigenvalue weighted by Gasteiger charge is -2.19. The summed E-state index contributed by atoms with van der Waals surface area (Å²) in [7, 11) is 0. The number of nitrogens with zero attached hydrogens (tertiary/aromatic N) is 2. The van der Waals surface area contributed by atoms with E-state index in [0.29, 0.717) is 30.1 Å². The maximum atomic E-state index is 13.2. The van der Waals surface area contributed by atoms with Gasteiger partial charge in [-0.2, -0.15) is 4.98 Å². The van der Waals surface area contributed by atoms with Crippen molar-refractivity contribution in [2.75, 3.05) is 18.0 Å². The Morgan fingerprint density at radius 1 is 1.38 bits per heavy atom. The summed E-state index contributed by atoms with van der Waals surface area (Å²) in [5.41, 5.74) is -0.0266. The molecular formula is C13H11FN4O3. The molecule has 2 N–H and O–H groups in total. The Morgan fingerprint density at radius 3 is 3.00 bits per heavy atom. The number of halogens is 1. The van der Waals surface area contributed by atoms with Crippen molar-refractivity contribution in [3.8, 4) is 0 Å². The monoisotopic (exact) mass is 290 g/mol. The second-order valence-corrected chi connectivity index (χ2v) is 5.27.